The van der Waals surface area contributed by atoms with Crippen molar-refractivity contribution in [2.24, 2.45) is 5.16 Å². The summed E-state index contributed by atoms with van der Waals surface area (Å²) in [6.45, 7) is 0.277. The second-order valence-corrected chi connectivity index (χ2v) is 4.99. The first-order valence-electron chi connectivity index (χ1n) is 7.09. The lowest BCUT2D eigenvalue weighted by Crippen LogP contribution is -2.26. The molecule has 1 amide bonds. The summed E-state index contributed by atoms with van der Waals surface area (Å²) in [7, 11) is 0. The van der Waals surface area contributed by atoms with Gasteiger partial charge in [0.2, 0.25) is 5.91 Å². The topological polar surface area (TPSA) is 62.7 Å². The van der Waals surface area contributed by atoms with Crippen LogP contribution >= 0.6 is 12.2 Å². The van der Waals surface area contributed by atoms with Crippen molar-refractivity contribution in [1.82, 2.24) is 5.32 Å². The first-order valence-corrected chi connectivity index (χ1v) is 7.50. The van der Waals surface area contributed by atoms with E-state index in [1.165, 1.54) is 6.21 Å². The summed E-state index contributed by atoms with van der Waals surface area (Å²) in [5, 5.41) is 9.45. The molecule has 0 aliphatic rings. The van der Waals surface area contributed by atoms with Crippen molar-refractivity contribution in [2.75, 3.05) is 11.9 Å². The predicted molar refractivity (Wildman–Crippen MR) is 95.4 cm³/mol. The van der Waals surface area contributed by atoms with E-state index in [1.807, 2.05) is 60.7 Å². The average molecular weight is 327 g/mol. The van der Waals surface area contributed by atoms with Gasteiger partial charge < -0.3 is 15.5 Å². The van der Waals surface area contributed by atoms with Gasteiger partial charge in [0.1, 0.15) is 0 Å². The third-order valence-electron chi connectivity index (χ3n) is 2.83. The Morgan fingerprint density at radius 3 is 2.43 bits per heavy atom. The van der Waals surface area contributed by atoms with Gasteiger partial charge in [-0.2, -0.15) is 0 Å². The van der Waals surface area contributed by atoms with E-state index < -0.39 is 0 Å². The normalized spacial score (nSPS) is 10.3. The minimum Gasteiger partial charge on any atom is -0.351 e. The van der Waals surface area contributed by atoms with E-state index in [1.54, 1.807) is 0 Å². The number of thiocarbonyl (C=S) groups is 1. The van der Waals surface area contributed by atoms with Crippen LogP contribution < -0.4 is 10.6 Å². The maximum Gasteiger partial charge on any atom is 0.293 e. The fraction of sp³-hybridized carbons (Fsp3) is 0.118. The van der Waals surface area contributed by atoms with Crippen LogP contribution in [0.1, 0.15) is 5.56 Å². The molecule has 2 aromatic rings. The highest BCUT2D eigenvalue weighted by atomic mass is 32.1. The second-order valence-electron chi connectivity index (χ2n) is 4.62. The third-order valence-corrected chi connectivity index (χ3v) is 3.00. The highest BCUT2D eigenvalue weighted by Crippen LogP contribution is 2.05. The van der Waals surface area contributed by atoms with Crippen LogP contribution in [-0.2, 0) is 16.1 Å². The number of carbonyl (C=O) groups is 1. The van der Waals surface area contributed by atoms with Gasteiger partial charge in [0.05, 0.1) is 19.2 Å². The van der Waals surface area contributed by atoms with Crippen LogP contribution in [0.25, 0.3) is 0 Å². The fourth-order valence-electron chi connectivity index (χ4n) is 1.79. The highest BCUT2D eigenvalue weighted by molar-refractivity contribution is 7.80. The molecule has 0 saturated carbocycles. The lowest BCUT2D eigenvalue weighted by Gasteiger charge is -2.04. The molecule has 2 aromatic carbocycles. The Morgan fingerprint density at radius 1 is 1.09 bits per heavy atom. The van der Waals surface area contributed by atoms with Crippen molar-refractivity contribution in [2.45, 2.75) is 6.42 Å². The molecule has 0 atom stereocenters. The van der Waals surface area contributed by atoms with Crippen LogP contribution in [0.2, 0.25) is 0 Å². The summed E-state index contributed by atoms with van der Waals surface area (Å²) in [5.74, 6) is -0.0763. The van der Waals surface area contributed by atoms with Crippen molar-refractivity contribution < 1.29 is 9.63 Å². The third kappa shape index (κ3) is 6.71. The van der Waals surface area contributed by atoms with E-state index >= 15 is 0 Å². The SMILES string of the molecule is O=C(Cc1ccccc1)NC/C=N\OC(=S)Nc1ccccc1. The molecule has 0 saturated heterocycles. The molecule has 23 heavy (non-hydrogen) atoms. The number of para-hydroxylation sites is 1. The number of nitrogens with zero attached hydrogens (tertiary/aromatic N) is 1. The molecule has 6 heteroatoms. The molecule has 0 aliphatic heterocycles. The van der Waals surface area contributed by atoms with Gasteiger partial charge in [-0.05, 0) is 29.9 Å². The number of hydrogen-bond donors (Lipinski definition) is 2. The molecule has 0 aromatic heterocycles. The van der Waals surface area contributed by atoms with Gasteiger partial charge in [0.25, 0.3) is 5.17 Å². The molecule has 0 unspecified atom stereocenters. The minimum atomic E-state index is -0.0763. The van der Waals surface area contributed by atoms with Gasteiger partial charge in [-0.3, -0.25) is 4.79 Å². The first kappa shape index (κ1) is 16.6. The number of hydrogen-bond acceptors (Lipinski definition) is 4. The summed E-state index contributed by atoms with van der Waals surface area (Å²) in [5.41, 5.74) is 1.79. The number of anilines is 1. The zero-order valence-corrected chi connectivity index (χ0v) is 13.3. The summed E-state index contributed by atoms with van der Waals surface area (Å²) >= 11 is 4.99. The smallest absolute Gasteiger partial charge is 0.293 e. The van der Waals surface area contributed by atoms with Crippen LogP contribution in [-0.4, -0.2) is 23.8 Å². The van der Waals surface area contributed by atoms with Gasteiger partial charge >= 0.3 is 0 Å². The molecule has 118 valence electrons. The maximum atomic E-state index is 11.7. The van der Waals surface area contributed by atoms with Crippen molar-refractivity contribution in [1.29, 1.82) is 0 Å². The van der Waals surface area contributed by atoms with E-state index in [0.29, 0.717) is 6.42 Å². The lowest BCUT2D eigenvalue weighted by atomic mass is 10.1. The molecule has 0 bridgehead atoms. The number of benzene rings is 2. The van der Waals surface area contributed by atoms with Crippen LogP contribution in [0.5, 0.6) is 0 Å². The van der Waals surface area contributed by atoms with Crippen molar-refractivity contribution in [3.63, 3.8) is 0 Å². The number of rotatable bonds is 6. The molecule has 5 nitrogen and oxygen atoms in total. The van der Waals surface area contributed by atoms with Gasteiger partial charge in [-0.15, -0.1) is 0 Å². The molecule has 2 N–H and O–H groups in total. The fourth-order valence-corrected chi connectivity index (χ4v) is 1.95. The molecular weight excluding hydrogens is 310 g/mol. The molecule has 0 heterocycles. The lowest BCUT2D eigenvalue weighted by molar-refractivity contribution is -0.120. The maximum absolute atomic E-state index is 11.7. The Labute approximate surface area is 140 Å². The number of oxime groups is 1. The van der Waals surface area contributed by atoms with Crippen molar-refractivity contribution >= 4 is 35.2 Å². The minimum absolute atomic E-state index is 0.0763. The number of carbonyl (C=O) groups excluding carboxylic acids is 1. The molecule has 2 rings (SSSR count). The Hall–Kier alpha value is -2.73. The monoisotopic (exact) mass is 327 g/mol. The Morgan fingerprint density at radius 2 is 1.74 bits per heavy atom. The van der Waals surface area contributed by atoms with Gasteiger partial charge in [-0.1, -0.05) is 53.7 Å². The zero-order valence-electron chi connectivity index (χ0n) is 12.4. The molecule has 0 radical (unpaired) electrons. The number of nitrogens with one attached hydrogen (secondary N) is 2. The number of amides is 1. The Kier molecular flexibility index (Phi) is 6.74. The van der Waals surface area contributed by atoms with Gasteiger partial charge in [0, 0.05) is 5.69 Å². The predicted octanol–water partition coefficient (Wildman–Crippen LogP) is 2.74. The molecule has 0 fully saturated rings. The van der Waals surface area contributed by atoms with Crippen LogP contribution in [0.4, 0.5) is 5.69 Å². The van der Waals surface area contributed by atoms with Crippen LogP contribution in [0, 0.1) is 0 Å². The largest absolute Gasteiger partial charge is 0.351 e. The van der Waals surface area contributed by atoms with Crippen molar-refractivity contribution in [3.05, 3.63) is 66.2 Å². The summed E-state index contributed by atoms with van der Waals surface area (Å²) in [6.07, 6.45) is 1.78. The van der Waals surface area contributed by atoms with E-state index in [9.17, 15) is 4.79 Å². The van der Waals surface area contributed by atoms with E-state index in [0.717, 1.165) is 11.3 Å². The first-order chi connectivity index (χ1) is 11.2. The van der Waals surface area contributed by atoms with Gasteiger partial charge in [0.15, 0.2) is 0 Å². The van der Waals surface area contributed by atoms with Crippen LogP contribution in [0.3, 0.4) is 0 Å². The van der Waals surface area contributed by atoms with E-state index in [-0.39, 0.29) is 17.6 Å². The second kappa shape index (κ2) is 9.32. The van der Waals surface area contributed by atoms with Crippen LogP contribution in [0.15, 0.2) is 65.8 Å². The van der Waals surface area contributed by atoms with E-state index in [2.05, 4.69) is 15.8 Å². The molecular formula is C17H17N3O2S. The van der Waals surface area contributed by atoms with Gasteiger partial charge in [-0.25, -0.2) is 0 Å². The quantitative estimate of drug-likeness (QED) is 0.486. The molecule has 0 aliphatic carbocycles. The average Bonchev–Trinajstić information content (AvgIpc) is 2.56. The summed E-state index contributed by atoms with van der Waals surface area (Å²) in [6, 6.07) is 18.9. The Bertz CT molecular complexity index is 660. The van der Waals surface area contributed by atoms with Crippen molar-refractivity contribution in [3.8, 4) is 0 Å². The Balaban J connectivity index is 1.63. The molecule has 0 spiro atoms. The summed E-state index contributed by atoms with van der Waals surface area (Å²) < 4.78 is 0. The summed E-state index contributed by atoms with van der Waals surface area (Å²) in [4.78, 5) is 16.7. The highest BCUT2D eigenvalue weighted by Gasteiger charge is 2.01. The zero-order chi connectivity index (χ0) is 16.3. The van der Waals surface area contributed by atoms with E-state index in [4.69, 9.17) is 17.1 Å². The standard InChI is InChI=1S/C17H17N3O2S/c21-16(13-14-7-3-1-4-8-14)18-11-12-19-22-17(23)20-15-9-5-2-6-10-15/h1-10,12H,11,13H2,(H,18,21)(H,20,23)/b19-12-.